The van der Waals surface area contributed by atoms with Crippen LogP contribution in [0.3, 0.4) is 0 Å². The molecule has 0 aromatic carbocycles. The van der Waals surface area contributed by atoms with Crippen molar-refractivity contribution in [2.75, 3.05) is 18.0 Å². The van der Waals surface area contributed by atoms with Crippen LogP contribution in [0.25, 0.3) is 0 Å². The van der Waals surface area contributed by atoms with Gasteiger partial charge in [0.25, 0.3) is 0 Å². The van der Waals surface area contributed by atoms with Crippen molar-refractivity contribution < 1.29 is 18.0 Å². The van der Waals surface area contributed by atoms with Gasteiger partial charge in [-0.3, -0.25) is 9.78 Å². The van der Waals surface area contributed by atoms with Crippen molar-refractivity contribution in [3.05, 3.63) is 45.6 Å². The van der Waals surface area contributed by atoms with Gasteiger partial charge < -0.3 is 9.80 Å². The fraction of sp³-hybridized carbons (Fsp3) is 0.474. The third-order valence-electron chi connectivity index (χ3n) is 5.54. The summed E-state index contributed by atoms with van der Waals surface area (Å²) in [5.41, 5.74) is 2.56. The van der Waals surface area contributed by atoms with Gasteiger partial charge in [0.05, 0.1) is 41.3 Å². The van der Waals surface area contributed by atoms with Gasteiger partial charge in [0, 0.05) is 19.6 Å². The molecule has 0 saturated carbocycles. The van der Waals surface area contributed by atoms with E-state index in [9.17, 15) is 18.0 Å². The lowest BCUT2D eigenvalue weighted by molar-refractivity contribution is -0.141. The highest BCUT2D eigenvalue weighted by Gasteiger charge is 2.37. The number of alkyl halides is 3. The summed E-state index contributed by atoms with van der Waals surface area (Å²) in [4.78, 5) is 28.4. The van der Waals surface area contributed by atoms with Crippen molar-refractivity contribution >= 4 is 23.3 Å². The van der Waals surface area contributed by atoms with Crippen molar-refractivity contribution in [3.8, 4) is 0 Å². The van der Waals surface area contributed by atoms with Crippen molar-refractivity contribution in [3.63, 3.8) is 0 Å². The van der Waals surface area contributed by atoms with E-state index in [0.717, 1.165) is 34.9 Å². The molecule has 29 heavy (non-hydrogen) atoms. The predicted octanol–water partition coefficient (Wildman–Crippen LogP) is 3.53. The third kappa shape index (κ3) is 3.63. The Morgan fingerprint density at radius 3 is 2.62 bits per heavy atom. The summed E-state index contributed by atoms with van der Waals surface area (Å²) in [5, 5.41) is 0.631. The summed E-state index contributed by atoms with van der Waals surface area (Å²) >= 11 is 6.29. The number of nitrogens with zero attached hydrogens (tertiary/aromatic N) is 5. The van der Waals surface area contributed by atoms with Crippen molar-refractivity contribution in [1.29, 1.82) is 0 Å². The molecule has 1 unspecified atom stereocenters. The lowest BCUT2D eigenvalue weighted by Crippen LogP contribution is -2.34. The fourth-order valence-electron chi connectivity index (χ4n) is 3.92. The third-order valence-corrected chi connectivity index (χ3v) is 6.10. The molecule has 2 aliphatic heterocycles. The van der Waals surface area contributed by atoms with Gasteiger partial charge in [-0.1, -0.05) is 11.6 Å². The molecule has 0 bridgehead atoms. The molecular formula is C19H19ClF3N5O. The minimum absolute atomic E-state index is 0.0125. The number of aryl methyl sites for hydroxylation is 1. The first kappa shape index (κ1) is 19.9. The Labute approximate surface area is 170 Å². The second kappa shape index (κ2) is 7.12. The van der Waals surface area contributed by atoms with Crippen LogP contribution in [0.4, 0.5) is 19.0 Å². The Morgan fingerprint density at radius 2 is 1.97 bits per heavy atom. The van der Waals surface area contributed by atoms with Crippen molar-refractivity contribution in [1.82, 2.24) is 19.9 Å². The predicted molar refractivity (Wildman–Crippen MR) is 100 cm³/mol. The molecule has 1 fully saturated rings. The molecule has 1 saturated heterocycles. The summed E-state index contributed by atoms with van der Waals surface area (Å²) in [7, 11) is 0. The molecule has 0 aliphatic carbocycles. The molecule has 0 radical (unpaired) electrons. The SMILES string of the molecule is Cc1nc2c(c(C)c1Cl)CN(C(=O)C1CCN(c3cnc(C(F)(F)F)cn3)C1)C2. The zero-order chi connectivity index (χ0) is 20.9. The van der Waals surface area contributed by atoms with Gasteiger partial charge in [-0.05, 0) is 31.4 Å². The Hall–Kier alpha value is -2.42. The minimum Gasteiger partial charge on any atom is -0.355 e. The van der Waals surface area contributed by atoms with Crippen LogP contribution in [0.1, 0.15) is 34.6 Å². The molecule has 2 aliphatic rings. The minimum atomic E-state index is -4.52. The number of carbonyl (C=O) groups is 1. The molecule has 1 atom stereocenters. The van der Waals surface area contributed by atoms with E-state index in [-0.39, 0.29) is 11.8 Å². The molecule has 4 heterocycles. The van der Waals surface area contributed by atoms with Crippen molar-refractivity contribution in [2.24, 2.45) is 5.92 Å². The molecule has 0 spiro atoms. The molecular weight excluding hydrogens is 407 g/mol. The topological polar surface area (TPSA) is 62.2 Å². The lowest BCUT2D eigenvalue weighted by atomic mass is 10.1. The maximum Gasteiger partial charge on any atom is 0.434 e. The van der Waals surface area contributed by atoms with Crippen LogP contribution in [0.15, 0.2) is 12.4 Å². The molecule has 4 rings (SSSR count). The zero-order valence-corrected chi connectivity index (χ0v) is 16.7. The number of aromatic nitrogens is 3. The van der Waals surface area contributed by atoms with Gasteiger partial charge in [0.15, 0.2) is 5.69 Å². The average Bonchev–Trinajstić information content (AvgIpc) is 3.33. The van der Waals surface area contributed by atoms with Crippen LogP contribution in [0, 0.1) is 19.8 Å². The van der Waals surface area contributed by atoms with Crippen LogP contribution in [0.5, 0.6) is 0 Å². The summed E-state index contributed by atoms with van der Waals surface area (Å²) in [6, 6.07) is 0. The first-order valence-electron chi connectivity index (χ1n) is 9.22. The summed E-state index contributed by atoms with van der Waals surface area (Å²) in [6.45, 7) is 5.65. The second-order valence-electron chi connectivity index (χ2n) is 7.44. The van der Waals surface area contributed by atoms with Crippen LogP contribution >= 0.6 is 11.6 Å². The van der Waals surface area contributed by atoms with Gasteiger partial charge in [0.1, 0.15) is 5.82 Å². The van der Waals surface area contributed by atoms with Gasteiger partial charge in [0.2, 0.25) is 5.91 Å². The smallest absolute Gasteiger partial charge is 0.355 e. The van der Waals surface area contributed by atoms with Crippen LogP contribution in [-0.2, 0) is 24.1 Å². The lowest BCUT2D eigenvalue weighted by Gasteiger charge is -2.21. The van der Waals surface area contributed by atoms with Crippen LogP contribution in [-0.4, -0.2) is 38.8 Å². The largest absolute Gasteiger partial charge is 0.434 e. The maximum absolute atomic E-state index is 13.0. The quantitative estimate of drug-likeness (QED) is 0.736. The monoisotopic (exact) mass is 425 g/mol. The highest BCUT2D eigenvalue weighted by Crippen LogP contribution is 2.33. The first-order valence-corrected chi connectivity index (χ1v) is 9.60. The molecule has 10 heteroatoms. The van der Waals surface area contributed by atoms with Crippen LogP contribution in [0.2, 0.25) is 5.02 Å². The standard InChI is InChI=1S/C19H19ClF3N5O/c1-10-13-8-28(9-14(13)26-11(2)17(10)20)18(29)12-3-4-27(7-12)16-6-24-15(5-25-16)19(21,22)23/h5-6,12H,3-4,7-9H2,1-2H3. The number of pyridine rings is 1. The van der Waals surface area contributed by atoms with Gasteiger partial charge in [-0.25, -0.2) is 9.97 Å². The Bertz CT molecular complexity index is 964. The first-order chi connectivity index (χ1) is 13.6. The van der Waals surface area contributed by atoms with E-state index < -0.39 is 11.9 Å². The molecule has 2 aromatic heterocycles. The average molecular weight is 426 g/mol. The van der Waals surface area contributed by atoms with Gasteiger partial charge in [-0.2, -0.15) is 13.2 Å². The van der Waals surface area contributed by atoms with E-state index in [2.05, 4.69) is 15.0 Å². The maximum atomic E-state index is 13.0. The Morgan fingerprint density at radius 1 is 1.21 bits per heavy atom. The molecule has 2 aromatic rings. The molecule has 154 valence electrons. The molecule has 1 amide bonds. The number of rotatable bonds is 2. The summed E-state index contributed by atoms with van der Waals surface area (Å²) < 4.78 is 37.9. The van der Waals surface area contributed by atoms with Crippen LogP contribution < -0.4 is 4.90 Å². The number of halogens is 4. The number of anilines is 1. The number of carbonyl (C=O) groups excluding carboxylic acids is 1. The highest BCUT2D eigenvalue weighted by atomic mass is 35.5. The van der Waals surface area contributed by atoms with E-state index in [1.807, 2.05) is 13.8 Å². The zero-order valence-electron chi connectivity index (χ0n) is 15.9. The summed E-state index contributed by atoms with van der Waals surface area (Å²) in [6.07, 6.45) is -2.07. The van der Waals surface area contributed by atoms with Gasteiger partial charge >= 0.3 is 6.18 Å². The highest BCUT2D eigenvalue weighted by molar-refractivity contribution is 6.32. The second-order valence-corrected chi connectivity index (χ2v) is 7.82. The van der Waals surface area contributed by atoms with E-state index in [0.29, 0.717) is 43.4 Å². The van der Waals surface area contributed by atoms with E-state index in [1.54, 1.807) is 9.80 Å². The number of fused-ring (bicyclic) bond motifs is 1. The molecule has 6 nitrogen and oxygen atoms in total. The summed E-state index contributed by atoms with van der Waals surface area (Å²) in [5.74, 6) is 0.113. The Kier molecular flexibility index (Phi) is 4.88. The van der Waals surface area contributed by atoms with E-state index in [4.69, 9.17) is 11.6 Å². The number of hydrogen-bond acceptors (Lipinski definition) is 5. The van der Waals surface area contributed by atoms with E-state index >= 15 is 0 Å². The van der Waals surface area contributed by atoms with E-state index in [1.165, 1.54) is 0 Å². The fourth-order valence-corrected chi connectivity index (χ4v) is 4.08. The number of amides is 1. The van der Waals surface area contributed by atoms with Crippen molar-refractivity contribution in [2.45, 2.75) is 39.5 Å². The molecule has 0 N–H and O–H groups in total. The normalized spacial score (nSPS) is 19.0. The van der Waals surface area contributed by atoms with Gasteiger partial charge in [-0.15, -0.1) is 0 Å². The number of hydrogen-bond donors (Lipinski definition) is 0. The Balaban J connectivity index is 1.43.